The van der Waals surface area contributed by atoms with Gasteiger partial charge < -0.3 is 20.2 Å². The van der Waals surface area contributed by atoms with Gasteiger partial charge in [-0.25, -0.2) is 4.79 Å². The highest BCUT2D eigenvalue weighted by atomic mass is 35.5. The molecule has 0 radical (unpaired) electrons. The molecule has 3 heterocycles. The van der Waals surface area contributed by atoms with Gasteiger partial charge in [-0.3, -0.25) is 14.6 Å². The maximum Gasteiger partial charge on any atom is 0.490 e. The molecule has 1 fully saturated rings. The number of aliphatic imine (C=N–C) groups is 1. The average Bonchev–Trinajstić information content (AvgIpc) is 3.28. The highest BCUT2D eigenvalue weighted by Gasteiger charge is 2.38. The van der Waals surface area contributed by atoms with Gasteiger partial charge in [0, 0.05) is 37.8 Å². The van der Waals surface area contributed by atoms with Crippen LogP contribution in [0, 0.1) is 0 Å². The summed E-state index contributed by atoms with van der Waals surface area (Å²) in [4.78, 5) is 47.8. The molecule has 2 amide bonds. The van der Waals surface area contributed by atoms with Gasteiger partial charge in [0.25, 0.3) is 11.8 Å². The Balaban J connectivity index is 0.000000517. The maximum atomic E-state index is 13.3. The fourth-order valence-corrected chi connectivity index (χ4v) is 5.27. The van der Waals surface area contributed by atoms with Crippen LogP contribution in [0.25, 0.3) is 17.0 Å². The Morgan fingerprint density at radius 1 is 1.07 bits per heavy atom. The lowest BCUT2D eigenvalue weighted by Crippen LogP contribution is -2.47. The van der Waals surface area contributed by atoms with Gasteiger partial charge in [-0.05, 0) is 60.8 Å². The fraction of sp³-hybridized carbons (Fsp3) is 0.222. The molecule has 9 nitrogen and oxygen atoms in total. The van der Waals surface area contributed by atoms with Gasteiger partial charge in [0.1, 0.15) is 0 Å². The molecule has 220 valence electrons. The number of nitrogens with one attached hydrogen (secondary N) is 1. The van der Waals surface area contributed by atoms with Crippen molar-refractivity contribution < 1.29 is 32.7 Å². The molecular weight excluding hydrogens is 618 g/mol. The molecule has 0 aliphatic carbocycles. The summed E-state index contributed by atoms with van der Waals surface area (Å²) >= 11 is 13.6. The molecule has 2 aromatic carbocycles. The Morgan fingerprint density at radius 3 is 2.33 bits per heavy atom. The van der Waals surface area contributed by atoms with Crippen molar-refractivity contribution in [3.05, 3.63) is 74.7 Å². The number of amides is 2. The summed E-state index contributed by atoms with van der Waals surface area (Å²) in [6.45, 7) is 3.08. The van der Waals surface area contributed by atoms with Crippen LogP contribution in [0.3, 0.4) is 0 Å². The number of piperazine rings is 1. The monoisotopic (exact) mass is 639 g/mol. The van der Waals surface area contributed by atoms with Crippen LogP contribution in [0.2, 0.25) is 10.0 Å². The minimum Gasteiger partial charge on any atom is -0.475 e. The minimum atomic E-state index is -5.08. The first-order valence-corrected chi connectivity index (χ1v) is 13.8. The van der Waals surface area contributed by atoms with E-state index >= 15 is 0 Å². The first-order valence-electron chi connectivity index (χ1n) is 12.2. The quantitative estimate of drug-likeness (QED) is 0.354. The second-order valence-electron chi connectivity index (χ2n) is 9.09. The SMILES string of the molecule is CN1CCN(C(=O)c2ccnc3ccc(C=C4SC(Nc5c(Cl)cccc5Cl)=NC4=O)cc23)CC1.O=C(O)C(F)(F)F. The lowest BCUT2D eigenvalue weighted by atomic mass is 10.0. The number of hydrogen-bond donors (Lipinski definition) is 2. The number of benzene rings is 2. The van der Waals surface area contributed by atoms with E-state index in [-0.39, 0.29) is 11.8 Å². The van der Waals surface area contributed by atoms with Gasteiger partial charge in [-0.2, -0.15) is 18.2 Å². The molecule has 0 saturated carbocycles. The van der Waals surface area contributed by atoms with Crippen molar-refractivity contribution in [1.82, 2.24) is 14.8 Å². The Kier molecular flexibility index (Phi) is 9.77. The molecule has 2 aliphatic rings. The third kappa shape index (κ3) is 7.59. The van der Waals surface area contributed by atoms with Gasteiger partial charge in [0.2, 0.25) is 0 Å². The molecule has 0 spiro atoms. The molecule has 2 N–H and O–H groups in total. The molecule has 0 atom stereocenters. The van der Waals surface area contributed by atoms with Gasteiger partial charge in [-0.1, -0.05) is 35.3 Å². The third-order valence-corrected chi connectivity index (χ3v) is 7.67. The molecule has 2 aliphatic heterocycles. The summed E-state index contributed by atoms with van der Waals surface area (Å²) in [5, 5.41) is 12.2. The lowest BCUT2D eigenvalue weighted by Gasteiger charge is -2.32. The van der Waals surface area contributed by atoms with Crippen molar-refractivity contribution in [2.45, 2.75) is 6.18 Å². The normalized spacial score (nSPS) is 16.7. The number of fused-ring (bicyclic) bond motifs is 1. The van der Waals surface area contributed by atoms with Crippen molar-refractivity contribution in [3.63, 3.8) is 0 Å². The van der Waals surface area contributed by atoms with E-state index in [1.807, 2.05) is 23.1 Å². The molecule has 42 heavy (non-hydrogen) atoms. The number of carbonyl (C=O) groups is 3. The Bertz CT molecular complexity index is 1590. The highest BCUT2D eigenvalue weighted by molar-refractivity contribution is 8.18. The maximum absolute atomic E-state index is 13.3. The fourth-order valence-electron chi connectivity index (χ4n) is 3.96. The summed E-state index contributed by atoms with van der Waals surface area (Å²) in [5.74, 6) is -3.12. The number of carboxylic acid groups (broad SMARTS) is 1. The number of nitrogens with zero attached hydrogens (tertiary/aromatic N) is 4. The molecular formula is C27H22Cl2F3N5O4S. The zero-order valence-electron chi connectivity index (χ0n) is 21.8. The number of alkyl halides is 3. The standard InChI is InChI=1S/C25H21Cl2N5O2S.C2HF3O2/c1-31-9-11-32(12-10-31)24(34)16-7-8-28-20-6-5-15(13-17(16)20)14-21-23(33)30-25(35-21)29-22-18(26)3-2-4-19(22)27;3-2(4,5)1(6)7/h2-8,13-14H,9-12H2,1H3,(H,29,30,33);(H,6,7). The zero-order valence-corrected chi connectivity index (χ0v) is 24.1. The number of aromatic nitrogens is 1. The van der Waals surface area contributed by atoms with E-state index in [1.165, 1.54) is 11.8 Å². The van der Waals surface area contributed by atoms with Crippen molar-refractivity contribution >= 4 is 80.6 Å². The van der Waals surface area contributed by atoms with Crippen LogP contribution in [-0.4, -0.2) is 82.2 Å². The third-order valence-electron chi connectivity index (χ3n) is 6.14. The van der Waals surface area contributed by atoms with E-state index in [4.69, 9.17) is 33.1 Å². The molecule has 3 aromatic rings. The van der Waals surface area contributed by atoms with E-state index in [0.717, 1.165) is 29.6 Å². The number of carbonyl (C=O) groups excluding carboxylic acids is 2. The van der Waals surface area contributed by atoms with Gasteiger partial charge in [-0.15, -0.1) is 0 Å². The number of rotatable bonds is 3. The number of carboxylic acids is 1. The number of amidine groups is 1. The Morgan fingerprint density at radius 2 is 1.71 bits per heavy atom. The largest absolute Gasteiger partial charge is 0.490 e. The van der Waals surface area contributed by atoms with Crippen LogP contribution in [0.5, 0.6) is 0 Å². The average molecular weight is 640 g/mol. The number of halogens is 5. The summed E-state index contributed by atoms with van der Waals surface area (Å²) in [5.41, 5.74) is 2.61. The highest BCUT2D eigenvalue weighted by Crippen LogP contribution is 2.35. The van der Waals surface area contributed by atoms with E-state index in [0.29, 0.717) is 44.5 Å². The second kappa shape index (κ2) is 13.1. The lowest BCUT2D eigenvalue weighted by molar-refractivity contribution is -0.192. The van der Waals surface area contributed by atoms with Crippen molar-refractivity contribution in [2.75, 3.05) is 38.5 Å². The van der Waals surface area contributed by atoms with E-state index in [2.05, 4.69) is 27.2 Å². The molecule has 15 heteroatoms. The number of para-hydroxylation sites is 1. The van der Waals surface area contributed by atoms with Crippen molar-refractivity contribution in [1.29, 1.82) is 0 Å². The summed E-state index contributed by atoms with van der Waals surface area (Å²) in [6.07, 6.45) is -1.66. The minimum absolute atomic E-state index is 0.00643. The van der Waals surface area contributed by atoms with Gasteiger partial charge in [0.15, 0.2) is 5.17 Å². The van der Waals surface area contributed by atoms with Crippen LogP contribution >= 0.6 is 35.0 Å². The smallest absolute Gasteiger partial charge is 0.475 e. The van der Waals surface area contributed by atoms with Crippen LogP contribution in [0.1, 0.15) is 15.9 Å². The zero-order chi connectivity index (χ0) is 30.6. The number of likely N-dealkylation sites (N-methyl/N-ethyl adjacent to an activating group) is 1. The molecule has 1 aromatic heterocycles. The van der Waals surface area contributed by atoms with Crippen molar-refractivity contribution in [2.24, 2.45) is 4.99 Å². The molecule has 5 rings (SSSR count). The van der Waals surface area contributed by atoms with Crippen LogP contribution in [-0.2, 0) is 9.59 Å². The van der Waals surface area contributed by atoms with Crippen LogP contribution in [0.15, 0.2) is 58.6 Å². The second-order valence-corrected chi connectivity index (χ2v) is 10.9. The van der Waals surface area contributed by atoms with E-state index in [1.54, 1.807) is 36.5 Å². The predicted octanol–water partition coefficient (Wildman–Crippen LogP) is 5.64. The number of thioether (sulfide) groups is 1. The van der Waals surface area contributed by atoms with Crippen molar-refractivity contribution in [3.8, 4) is 0 Å². The molecule has 0 unspecified atom stereocenters. The summed E-state index contributed by atoms with van der Waals surface area (Å²) < 4.78 is 31.7. The number of pyridine rings is 1. The summed E-state index contributed by atoms with van der Waals surface area (Å²) in [7, 11) is 2.06. The van der Waals surface area contributed by atoms with Gasteiger partial charge in [0.05, 0.1) is 31.7 Å². The predicted molar refractivity (Wildman–Crippen MR) is 157 cm³/mol. The molecule has 1 saturated heterocycles. The number of hydrogen-bond acceptors (Lipinski definition) is 7. The van der Waals surface area contributed by atoms with Gasteiger partial charge >= 0.3 is 12.1 Å². The first kappa shape index (κ1) is 31.3. The number of aliphatic carboxylic acids is 1. The van der Waals surface area contributed by atoms with E-state index in [9.17, 15) is 22.8 Å². The van der Waals surface area contributed by atoms with Crippen LogP contribution < -0.4 is 5.32 Å². The Labute approximate surface area is 252 Å². The topological polar surface area (TPSA) is 115 Å². The Hall–Kier alpha value is -3.65. The molecule has 0 bridgehead atoms. The van der Waals surface area contributed by atoms with E-state index < -0.39 is 12.1 Å². The van der Waals surface area contributed by atoms with Crippen LogP contribution in [0.4, 0.5) is 18.9 Å². The first-order chi connectivity index (χ1) is 19.8. The number of anilines is 1. The summed E-state index contributed by atoms with van der Waals surface area (Å²) in [6, 6.07) is 12.5.